The van der Waals surface area contributed by atoms with Gasteiger partial charge in [0.15, 0.2) is 0 Å². The molecule has 0 fully saturated rings. The molecule has 2 aromatic carbocycles. The minimum Gasteiger partial charge on any atom is -0.497 e. The number of methoxy groups -OCH3 is 1. The highest BCUT2D eigenvalue weighted by atomic mass is 79.9. The highest BCUT2D eigenvalue weighted by Gasteiger charge is 2.11. The van der Waals surface area contributed by atoms with Gasteiger partial charge in [-0.1, -0.05) is 28.1 Å². The first kappa shape index (κ1) is 13.9. The summed E-state index contributed by atoms with van der Waals surface area (Å²) >= 11 is 3.40. The molecule has 2 aromatic rings. The summed E-state index contributed by atoms with van der Waals surface area (Å²) in [6, 6.07) is 12.9. The minimum atomic E-state index is -0.589. The van der Waals surface area contributed by atoms with Crippen LogP contribution in [0, 0.1) is 0 Å². The number of hydrogen-bond acceptors (Lipinski definition) is 3. The fraction of sp³-hybridized carbons (Fsp3) is 0.200. The Bertz CT molecular complexity index is 567. The zero-order chi connectivity index (χ0) is 13.8. The maximum atomic E-state index is 9.75. The molecule has 1 unspecified atom stereocenters. The van der Waals surface area contributed by atoms with Crippen molar-refractivity contribution in [3.8, 4) is 17.2 Å². The van der Waals surface area contributed by atoms with Crippen molar-refractivity contribution in [2.24, 2.45) is 0 Å². The zero-order valence-electron chi connectivity index (χ0n) is 10.8. The van der Waals surface area contributed by atoms with Crippen molar-refractivity contribution in [1.29, 1.82) is 0 Å². The van der Waals surface area contributed by atoms with Crippen molar-refractivity contribution < 1.29 is 14.6 Å². The molecule has 0 radical (unpaired) electrons. The second-order valence-corrected chi connectivity index (χ2v) is 5.05. The molecule has 100 valence electrons. The molecular formula is C15H15BrO3. The van der Waals surface area contributed by atoms with E-state index in [1.165, 1.54) is 0 Å². The molecule has 0 saturated heterocycles. The molecule has 0 heterocycles. The van der Waals surface area contributed by atoms with E-state index in [9.17, 15) is 5.11 Å². The Kier molecular flexibility index (Phi) is 4.45. The van der Waals surface area contributed by atoms with Crippen LogP contribution in [0.4, 0.5) is 0 Å². The third kappa shape index (κ3) is 3.49. The van der Waals surface area contributed by atoms with E-state index < -0.39 is 6.10 Å². The Morgan fingerprint density at radius 3 is 2.53 bits per heavy atom. The average Bonchev–Trinajstić information content (AvgIpc) is 2.38. The van der Waals surface area contributed by atoms with Gasteiger partial charge in [-0.3, -0.25) is 0 Å². The van der Waals surface area contributed by atoms with Gasteiger partial charge >= 0.3 is 0 Å². The molecule has 0 amide bonds. The zero-order valence-corrected chi connectivity index (χ0v) is 12.3. The van der Waals surface area contributed by atoms with Crippen LogP contribution in [0.15, 0.2) is 46.9 Å². The molecule has 2 rings (SSSR count). The average molecular weight is 323 g/mol. The van der Waals surface area contributed by atoms with Crippen LogP contribution < -0.4 is 9.47 Å². The van der Waals surface area contributed by atoms with Crippen molar-refractivity contribution in [1.82, 2.24) is 0 Å². The van der Waals surface area contributed by atoms with E-state index in [0.717, 1.165) is 15.8 Å². The van der Waals surface area contributed by atoms with Crippen LogP contribution in [0.5, 0.6) is 17.2 Å². The Labute approximate surface area is 120 Å². The van der Waals surface area contributed by atoms with Gasteiger partial charge in [0, 0.05) is 16.1 Å². The summed E-state index contributed by atoms with van der Waals surface area (Å²) in [7, 11) is 1.61. The summed E-state index contributed by atoms with van der Waals surface area (Å²) in [4.78, 5) is 0. The SMILES string of the molecule is COc1cccc(Oc2cc(Br)ccc2C(C)O)c1. The van der Waals surface area contributed by atoms with Crippen LogP contribution in [0.3, 0.4) is 0 Å². The Morgan fingerprint density at radius 2 is 1.84 bits per heavy atom. The topological polar surface area (TPSA) is 38.7 Å². The fourth-order valence-electron chi connectivity index (χ4n) is 1.73. The van der Waals surface area contributed by atoms with Crippen LogP contribution in [0.2, 0.25) is 0 Å². The number of benzene rings is 2. The van der Waals surface area contributed by atoms with Crippen LogP contribution in [0.1, 0.15) is 18.6 Å². The van der Waals surface area contributed by atoms with Crippen LogP contribution in [-0.2, 0) is 0 Å². The fourth-order valence-corrected chi connectivity index (χ4v) is 2.07. The number of halogens is 1. The van der Waals surface area contributed by atoms with Crippen molar-refractivity contribution in [2.75, 3.05) is 7.11 Å². The van der Waals surface area contributed by atoms with Gasteiger partial charge in [-0.25, -0.2) is 0 Å². The standard InChI is InChI=1S/C15H15BrO3/c1-10(17)14-7-6-11(16)8-15(14)19-13-5-3-4-12(9-13)18-2/h3-10,17H,1-2H3. The molecule has 1 atom stereocenters. The van der Waals surface area contributed by atoms with Gasteiger partial charge in [-0.15, -0.1) is 0 Å². The highest BCUT2D eigenvalue weighted by Crippen LogP contribution is 2.33. The van der Waals surface area contributed by atoms with Gasteiger partial charge in [0.2, 0.25) is 0 Å². The molecule has 0 saturated carbocycles. The van der Waals surface area contributed by atoms with E-state index in [2.05, 4.69) is 15.9 Å². The summed E-state index contributed by atoms with van der Waals surface area (Å²) in [5, 5.41) is 9.75. The van der Waals surface area contributed by atoms with E-state index >= 15 is 0 Å². The lowest BCUT2D eigenvalue weighted by Gasteiger charge is -2.14. The van der Waals surface area contributed by atoms with Crippen LogP contribution in [0.25, 0.3) is 0 Å². The molecule has 0 aliphatic carbocycles. The summed E-state index contributed by atoms with van der Waals surface area (Å²) in [6.45, 7) is 1.71. The molecule has 19 heavy (non-hydrogen) atoms. The number of ether oxygens (including phenoxy) is 2. The summed E-state index contributed by atoms with van der Waals surface area (Å²) in [6.07, 6.45) is -0.589. The normalized spacial score (nSPS) is 12.0. The van der Waals surface area contributed by atoms with E-state index in [1.54, 1.807) is 20.1 Å². The monoisotopic (exact) mass is 322 g/mol. The van der Waals surface area contributed by atoms with Crippen molar-refractivity contribution in [2.45, 2.75) is 13.0 Å². The van der Waals surface area contributed by atoms with Gasteiger partial charge in [0.1, 0.15) is 17.2 Å². The lowest BCUT2D eigenvalue weighted by molar-refractivity contribution is 0.195. The van der Waals surface area contributed by atoms with Gasteiger partial charge in [0.05, 0.1) is 13.2 Å². The summed E-state index contributed by atoms with van der Waals surface area (Å²) in [5.74, 6) is 2.02. The smallest absolute Gasteiger partial charge is 0.134 e. The molecule has 1 N–H and O–H groups in total. The lowest BCUT2D eigenvalue weighted by Crippen LogP contribution is -1.96. The molecule has 0 aliphatic heterocycles. The van der Waals surface area contributed by atoms with Crippen molar-refractivity contribution >= 4 is 15.9 Å². The number of aliphatic hydroxyl groups is 1. The first-order valence-corrected chi connectivity index (χ1v) is 6.69. The molecule has 0 aliphatic rings. The van der Waals surface area contributed by atoms with E-state index in [-0.39, 0.29) is 0 Å². The second kappa shape index (κ2) is 6.08. The van der Waals surface area contributed by atoms with Crippen LogP contribution in [-0.4, -0.2) is 12.2 Å². The van der Waals surface area contributed by atoms with E-state index in [4.69, 9.17) is 9.47 Å². The number of rotatable bonds is 4. The van der Waals surface area contributed by atoms with Gasteiger partial charge < -0.3 is 14.6 Å². The maximum absolute atomic E-state index is 9.75. The summed E-state index contributed by atoms with van der Waals surface area (Å²) in [5.41, 5.74) is 0.742. The van der Waals surface area contributed by atoms with Crippen molar-refractivity contribution in [3.05, 3.63) is 52.5 Å². The van der Waals surface area contributed by atoms with Gasteiger partial charge in [-0.05, 0) is 31.2 Å². The molecule has 0 spiro atoms. The van der Waals surface area contributed by atoms with Gasteiger partial charge in [-0.2, -0.15) is 0 Å². The molecule has 4 heteroatoms. The summed E-state index contributed by atoms with van der Waals surface area (Å²) < 4.78 is 11.9. The lowest BCUT2D eigenvalue weighted by atomic mass is 10.1. The maximum Gasteiger partial charge on any atom is 0.134 e. The van der Waals surface area contributed by atoms with E-state index in [1.807, 2.05) is 36.4 Å². The van der Waals surface area contributed by atoms with Crippen LogP contribution >= 0.6 is 15.9 Å². The number of hydrogen-bond donors (Lipinski definition) is 1. The first-order chi connectivity index (χ1) is 9.10. The predicted octanol–water partition coefficient (Wildman–Crippen LogP) is 4.30. The predicted molar refractivity (Wildman–Crippen MR) is 77.8 cm³/mol. The molecule has 0 bridgehead atoms. The Hall–Kier alpha value is -1.52. The third-order valence-corrected chi connectivity index (χ3v) is 3.19. The molecule has 3 nitrogen and oxygen atoms in total. The molecular weight excluding hydrogens is 308 g/mol. The van der Waals surface area contributed by atoms with E-state index in [0.29, 0.717) is 11.5 Å². The first-order valence-electron chi connectivity index (χ1n) is 5.89. The van der Waals surface area contributed by atoms with Crippen molar-refractivity contribution in [3.63, 3.8) is 0 Å². The number of aliphatic hydroxyl groups excluding tert-OH is 1. The molecule has 0 aromatic heterocycles. The van der Waals surface area contributed by atoms with Gasteiger partial charge in [0.25, 0.3) is 0 Å². The largest absolute Gasteiger partial charge is 0.497 e. The third-order valence-electron chi connectivity index (χ3n) is 2.69. The minimum absolute atomic E-state index is 0.589. The highest BCUT2D eigenvalue weighted by molar-refractivity contribution is 9.10. The quantitative estimate of drug-likeness (QED) is 0.911. The second-order valence-electron chi connectivity index (χ2n) is 4.14. The Morgan fingerprint density at radius 1 is 1.11 bits per heavy atom. The Balaban J connectivity index is 2.33.